The first-order valence-corrected chi connectivity index (χ1v) is 6.95. The first-order valence-electron chi connectivity index (χ1n) is 6.95. The Labute approximate surface area is 119 Å². The minimum absolute atomic E-state index is 0.00887. The number of nitrogens with two attached hydrogens (primary N) is 1. The SMILES string of the molecule is CC(=O)NC1CCN(C(=O)c2cccc(CN)c2)CC1. The van der Waals surface area contributed by atoms with Crippen LogP contribution >= 0.6 is 0 Å². The van der Waals surface area contributed by atoms with Crippen molar-refractivity contribution in [1.29, 1.82) is 0 Å². The molecule has 1 fully saturated rings. The van der Waals surface area contributed by atoms with E-state index in [-0.39, 0.29) is 17.9 Å². The molecule has 0 aliphatic carbocycles. The maximum atomic E-state index is 12.4. The molecule has 0 saturated carbocycles. The molecule has 0 aromatic heterocycles. The van der Waals surface area contributed by atoms with Gasteiger partial charge in [0.1, 0.15) is 0 Å². The van der Waals surface area contributed by atoms with Gasteiger partial charge >= 0.3 is 0 Å². The van der Waals surface area contributed by atoms with Crippen LogP contribution in [0, 0.1) is 0 Å². The van der Waals surface area contributed by atoms with Crippen molar-refractivity contribution in [3.05, 3.63) is 35.4 Å². The average Bonchev–Trinajstić information content (AvgIpc) is 2.47. The predicted octanol–water partition coefficient (Wildman–Crippen LogP) is 0.886. The van der Waals surface area contributed by atoms with Gasteiger partial charge in [0, 0.05) is 38.2 Å². The molecule has 2 amide bonds. The highest BCUT2D eigenvalue weighted by molar-refractivity contribution is 5.94. The Bertz CT molecular complexity index is 494. The third kappa shape index (κ3) is 3.57. The van der Waals surface area contributed by atoms with Gasteiger partial charge < -0.3 is 16.0 Å². The summed E-state index contributed by atoms with van der Waals surface area (Å²) in [6, 6.07) is 7.63. The monoisotopic (exact) mass is 275 g/mol. The molecule has 108 valence electrons. The maximum Gasteiger partial charge on any atom is 0.253 e. The molecular weight excluding hydrogens is 254 g/mol. The van der Waals surface area contributed by atoms with Gasteiger partial charge in [-0.05, 0) is 30.5 Å². The van der Waals surface area contributed by atoms with Crippen LogP contribution in [-0.4, -0.2) is 35.8 Å². The number of rotatable bonds is 3. The van der Waals surface area contributed by atoms with Gasteiger partial charge in [-0.1, -0.05) is 12.1 Å². The highest BCUT2D eigenvalue weighted by atomic mass is 16.2. The fourth-order valence-electron chi connectivity index (χ4n) is 2.53. The van der Waals surface area contributed by atoms with E-state index in [1.54, 1.807) is 0 Å². The Kier molecular flexibility index (Phi) is 4.74. The molecule has 0 atom stereocenters. The van der Waals surface area contributed by atoms with Crippen molar-refractivity contribution < 1.29 is 9.59 Å². The summed E-state index contributed by atoms with van der Waals surface area (Å²) in [6.45, 7) is 3.31. The molecule has 1 aromatic rings. The average molecular weight is 275 g/mol. The van der Waals surface area contributed by atoms with Crippen molar-refractivity contribution in [2.24, 2.45) is 5.73 Å². The summed E-state index contributed by atoms with van der Waals surface area (Å²) in [5, 5.41) is 2.91. The Hall–Kier alpha value is -1.88. The third-order valence-electron chi connectivity index (χ3n) is 3.60. The Morgan fingerprint density at radius 1 is 1.35 bits per heavy atom. The van der Waals surface area contributed by atoms with Crippen LogP contribution in [0.15, 0.2) is 24.3 Å². The highest BCUT2D eigenvalue weighted by Crippen LogP contribution is 2.15. The van der Waals surface area contributed by atoms with Gasteiger partial charge in [0.25, 0.3) is 5.91 Å². The Morgan fingerprint density at radius 3 is 2.65 bits per heavy atom. The number of piperidine rings is 1. The van der Waals surface area contributed by atoms with Crippen molar-refractivity contribution in [1.82, 2.24) is 10.2 Å². The molecule has 3 N–H and O–H groups in total. The number of carbonyl (C=O) groups is 2. The molecule has 2 rings (SSSR count). The van der Waals surface area contributed by atoms with E-state index in [2.05, 4.69) is 5.32 Å². The summed E-state index contributed by atoms with van der Waals surface area (Å²) in [6.07, 6.45) is 1.61. The number of nitrogens with one attached hydrogen (secondary N) is 1. The summed E-state index contributed by atoms with van der Waals surface area (Å²) < 4.78 is 0. The first-order chi connectivity index (χ1) is 9.60. The topological polar surface area (TPSA) is 75.4 Å². The largest absolute Gasteiger partial charge is 0.353 e. The van der Waals surface area contributed by atoms with Crippen LogP contribution in [0.25, 0.3) is 0 Å². The summed E-state index contributed by atoms with van der Waals surface area (Å²) in [5.41, 5.74) is 7.24. The van der Waals surface area contributed by atoms with Gasteiger partial charge in [-0.25, -0.2) is 0 Å². The van der Waals surface area contributed by atoms with Crippen molar-refractivity contribution in [3.63, 3.8) is 0 Å². The van der Waals surface area contributed by atoms with Gasteiger partial charge in [0.05, 0.1) is 0 Å². The van der Waals surface area contributed by atoms with Crippen LogP contribution in [0.5, 0.6) is 0 Å². The minimum atomic E-state index is -0.00887. The molecule has 20 heavy (non-hydrogen) atoms. The van der Waals surface area contributed by atoms with Crippen molar-refractivity contribution >= 4 is 11.8 Å². The molecule has 0 radical (unpaired) electrons. The first kappa shape index (κ1) is 14.5. The lowest BCUT2D eigenvalue weighted by Crippen LogP contribution is -2.46. The van der Waals surface area contributed by atoms with Crippen LogP contribution < -0.4 is 11.1 Å². The van der Waals surface area contributed by atoms with E-state index in [1.807, 2.05) is 29.2 Å². The summed E-state index contributed by atoms with van der Waals surface area (Å²) in [5.74, 6) is 0.0343. The molecule has 5 heteroatoms. The number of benzene rings is 1. The lowest BCUT2D eigenvalue weighted by molar-refractivity contribution is -0.119. The summed E-state index contributed by atoms with van der Waals surface area (Å²) in [7, 11) is 0. The number of nitrogens with zero attached hydrogens (tertiary/aromatic N) is 1. The van der Waals surface area contributed by atoms with Crippen LogP contribution in [0.3, 0.4) is 0 Å². The second-order valence-electron chi connectivity index (χ2n) is 5.17. The number of amides is 2. The molecular formula is C15H21N3O2. The molecule has 1 saturated heterocycles. The predicted molar refractivity (Wildman–Crippen MR) is 77.1 cm³/mol. The smallest absolute Gasteiger partial charge is 0.253 e. The minimum Gasteiger partial charge on any atom is -0.353 e. The van der Waals surface area contributed by atoms with Gasteiger partial charge in [0.2, 0.25) is 5.91 Å². The van der Waals surface area contributed by atoms with E-state index >= 15 is 0 Å². The molecule has 0 spiro atoms. The Morgan fingerprint density at radius 2 is 2.05 bits per heavy atom. The molecule has 5 nitrogen and oxygen atoms in total. The molecule has 0 unspecified atom stereocenters. The molecule has 1 aliphatic rings. The number of hydrogen-bond donors (Lipinski definition) is 2. The van der Waals surface area contributed by atoms with Crippen LogP contribution in [0.1, 0.15) is 35.7 Å². The zero-order valence-corrected chi connectivity index (χ0v) is 11.8. The number of hydrogen-bond acceptors (Lipinski definition) is 3. The highest BCUT2D eigenvalue weighted by Gasteiger charge is 2.23. The van der Waals surface area contributed by atoms with Crippen molar-refractivity contribution in [3.8, 4) is 0 Å². The third-order valence-corrected chi connectivity index (χ3v) is 3.60. The van der Waals surface area contributed by atoms with Crippen LogP contribution in [0.4, 0.5) is 0 Å². The summed E-state index contributed by atoms with van der Waals surface area (Å²) in [4.78, 5) is 25.3. The molecule has 0 bridgehead atoms. The van der Waals surface area contributed by atoms with Crippen molar-refractivity contribution in [2.45, 2.75) is 32.4 Å². The second-order valence-corrected chi connectivity index (χ2v) is 5.17. The maximum absolute atomic E-state index is 12.4. The van der Waals surface area contributed by atoms with E-state index < -0.39 is 0 Å². The molecule has 1 heterocycles. The standard InChI is InChI=1S/C15H21N3O2/c1-11(19)17-14-5-7-18(8-6-14)15(20)13-4-2-3-12(9-13)10-16/h2-4,9,14H,5-8,10,16H2,1H3,(H,17,19). The summed E-state index contributed by atoms with van der Waals surface area (Å²) >= 11 is 0. The van der Waals surface area contributed by atoms with Gasteiger partial charge in [-0.15, -0.1) is 0 Å². The van der Waals surface area contributed by atoms with Crippen molar-refractivity contribution in [2.75, 3.05) is 13.1 Å². The van der Waals surface area contributed by atoms with Crippen LogP contribution in [-0.2, 0) is 11.3 Å². The fourth-order valence-corrected chi connectivity index (χ4v) is 2.53. The molecule has 1 aromatic carbocycles. The van der Waals surface area contributed by atoms with E-state index in [4.69, 9.17) is 5.73 Å². The Balaban J connectivity index is 1.96. The van der Waals surface area contributed by atoms with E-state index in [0.29, 0.717) is 25.2 Å². The zero-order valence-electron chi connectivity index (χ0n) is 11.8. The molecule has 1 aliphatic heterocycles. The van der Waals surface area contributed by atoms with Gasteiger partial charge in [0.15, 0.2) is 0 Å². The van der Waals surface area contributed by atoms with Gasteiger partial charge in [-0.2, -0.15) is 0 Å². The zero-order chi connectivity index (χ0) is 14.5. The second kappa shape index (κ2) is 6.52. The van der Waals surface area contributed by atoms with Gasteiger partial charge in [-0.3, -0.25) is 9.59 Å². The van der Waals surface area contributed by atoms with E-state index in [1.165, 1.54) is 6.92 Å². The number of likely N-dealkylation sites (tertiary alicyclic amines) is 1. The lowest BCUT2D eigenvalue weighted by atomic mass is 10.0. The van der Waals surface area contributed by atoms with E-state index in [9.17, 15) is 9.59 Å². The fraction of sp³-hybridized carbons (Fsp3) is 0.467. The van der Waals surface area contributed by atoms with Crippen LogP contribution in [0.2, 0.25) is 0 Å². The number of carbonyl (C=O) groups excluding carboxylic acids is 2. The van der Waals surface area contributed by atoms with E-state index in [0.717, 1.165) is 18.4 Å². The normalized spacial score (nSPS) is 16.0. The quantitative estimate of drug-likeness (QED) is 0.860. The lowest BCUT2D eigenvalue weighted by Gasteiger charge is -2.32.